The molecule has 1 aliphatic rings. The number of nitrogens with two attached hydrogens (primary N) is 1. The maximum atomic E-state index is 13.6. The van der Waals surface area contributed by atoms with E-state index in [4.69, 9.17) is 10.5 Å². The predicted molar refractivity (Wildman–Crippen MR) is 52.9 cm³/mol. The van der Waals surface area contributed by atoms with Crippen molar-refractivity contribution in [2.45, 2.75) is 18.8 Å². The van der Waals surface area contributed by atoms with Crippen molar-refractivity contribution in [3.63, 3.8) is 0 Å². The highest BCUT2D eigenvalue weighted by Gasteiger charge is 2.34. The summed E-state index contributed by atoms with van der Waals surface area (Å²) in [6.45, 7) is 3.05. The van der Waals surface area contributed by atoms with Gasteiger partial charge >= 0.3 is 0 Å². The SMILES string of the molecule is CC1(CN)CCOc2cccc(F)c21. The van der Waals surface area contributed by atoms with Gasteiger partial charge in [-0.25, -0.2) is 4.39 Å². The highest BCUT2D eigenvalue weighted by atomic mass is 19.1. The van der Waals surface area contributed by atoms with Crippen LogP contribution in [0.15, 0.2) is 18.2 Å². The highest BCUT2D eigenvalue weighted by Crippen LogP contribution is 2.39. The first kappa shape index (κ1) is 9.46. The van der Waals surface area contributed by atoms with Gasteiger partial charge in [-0.05, 0) is 18.6 Å². The molecule has 1 unspecified atom stereocenters. The van der Waals surface area contributed by atoms with Crippen LogP contribution in [0.25, 0.3) is 0 Å². The molecule has 0 spiro atoms. The van der Waals surface area contributed by atoms with Gasteiger partial charge in [0.1, 0.15) is 11.6 Å². The zero-order valence-corrected chi connectivity index (χ0v) is 8.22. The standard InChI is InChI=1S/C11H14FNO/c1-11(7-13)5-6-14-9-4-2-3-8(12)10(9)11/h2-4H,5-7,13H2,1H3. The lowest BCUT2D eigenvalue weighted by Gasteiger charge is -2.34. The zero-order valence-electron chi connectivity index (χ0n) is 8.22. The third-order valence-corrected chi connectivity index (χ3v) is 2.94. The van der Waals surface area contributed by atoms with E-state index in [1.807, 2.05) is 6.92 Å². The third-order valence-electron chi connectivity index (χ3n) is 2.94. The lowest BCUT2D eigenvalue weighted by Crippen LogP contribution is -2.37. The van der Waals surface area contributed by atoms with Crippen molar-refractivity contribution in [1.29, 1.82) is 0 Å². The Balaban J connectivity index is 2.58. The van der Waals surface area contributed by atoms with Gasteiger partial charge in [-0.1, -0.05) is 13.0 Å². The van der Waals surface area contributed by atoms with Crippen LogP contribution in [0, 0.1) is 5.82 Å². The molecule has 1 aromatic carbocycles. The summed E-state index contributed by atoms with van der Waals surface area (Å²) in [4.78, 5) is 0. The Morgan fingerprint density at radius 1 is 1.57 bits per heavy atom. The normalized spacial score (nSPS) is 25.4. The molecule has 1 atom stereocenters. The summed E-state index contributed by atoms with van der Waals surface area (Å²) in [7, 11) is 0. The summed E-state index contributed by atoms with van der Waals surface area (Å²) in [6, 6.07) is 4.92. The van der Waals surface area contributed by atoms with Crippen LogP contribution in [0.4, 0.5) is 4.39 Å². The average Bonchev–Trinajstić information content (AvgIpc) is 2.18. The fourth-order valence-electron chi connectivity index (χ4n) is 1.93. The zero-order chi connectivity index (χ0) is 10.2. The minimum atomic E-state index is -0.279. The van der Waals surface area contributed by atoms with Crippen molar-refractivity contribution in [2.75, 3.05) is 13.2 Å². The van der Waals surface area contributed by atoms with Crippen LogP contribution in [0.3, 0.4) is 0 Å². The topological polar surface area (TPSA) is 35.2 Å². The van der Waals surface area contributed by atoms with Crippen molar-refractivity contribution in [3.05, 3.63) is 29.6 Å². The van der Waals surface area contributed by atoms with Crippen molar-refractivity contribution < 1.29 is 9.13 Å². The number of benzene rings is 1. The fraction of sp³-hybridized carbons (Fsp3) is 0.455. The molecule has 0 fully saturated rings. The van der Waals surface area contributed by atoms with E-state index in [2.05, 4.69) is 0 Å². The first-order chi connectivity index (χ1) is 6.67. The van der Waals surface area contributed by atoms with Gasteiger partial charge in [-0.3, -0.25) is 0 Å². The van der Waals surface area contributed by atoms with Crippen LogP contribution in [0.5, 0.6) is 5.75 Å². The maximum absolute atomic E-state index is 13.6. The second kappa shape index (κ2) is 3.24. The molecular formula is C11H14FNO. The van der Waals surface area contributed by atoms with Crippen LogP contribution in [-0.4, -0.2) is 13.2 Å². The minimum absolute atomic E-state index is 0.213. The molecule has 3 heteroatoms. The monoisotopic (exact) mass is 195 g/mol. The molecule has 1 heterocycles. The van der Waals surface area contributed by atoms with Crippen LogP contribution in [0.2, 0.25) is 0 Å². The second-order valence-electron chi connectivity index (χ2n) is 3.98. The number of rotatable bonds is 1. The van der Waals surface area contributed by atoms with E-state index in [-0.39, 0.29) is 11.2 Å². The van der Waals surface area contributed by atoms with Gasteiger partial charge in [0.15, 0.2) is 0 Å². The summed E-state index contributed by atoms with van der Waals surface area (Å²) in [5.41, 5.74) is 6.05. The highest BCUT2D eigenvalue weighted by molar-refractivity contribution is 5.42. The maximum Gasteiger partial charge on any atom is 0.130 e. The fourth-order valence-corrected chi connectivity index (χ4v) is 1.93. The molecule has 1 aliphatic heterocycles. The van der Waals surface area contributed by atoms with Crippen molar-refractivity contribution in [2.24, 2.45) is 5.73 Å². The summed E-state index contributed by atoms with van der Waals surface area (Å²) < 4.78 is 19.0. The Hall–Kier alpha value is -1.09. The Bertz CT molecular complexity index is 353. The van der Waals surface area contributed by atoms with E-state index in [0.29, 0.717) is 24.5 Å². The molecule has 0 saturated heterocycles. The predicted octanol–water partition coefficient (Wildman–Crippen LogP) is 1.82. The molecule has 0 amide bonds. The van der Waals surface area contributed by atoms with E-state index in [1.165, 1.54) is 6.07 Å². The Morgan fingerprint density at radius 2 is 2.36 bits per heavy atom. The number of fused-ring (bicyclic) bond motifs is 1. The van der Waals surface area contributed by atoms with E-state index in [1.54, 1.807) is 12.1 Å². The molecule has 0 bridgehead atoms. The molecule has 0 aliphatic carbocycles. The first-order valence-corrected chi connectivity index (χ1v) is 4.79. The van der Waals surface area contributed by atoms with Gasteiger partial charge in [0, 0.05) is 17.5 Å². The van der Waals surface area contributed by atoms with Gasteiger partial charge in [-0.2, -0.15) is 0 Å². The molecule has 14 heavy (non-hydrogen) atoms. The number of hydrogen-bond acceptors (Lipinski definition) is 2. The summed E-state index contributed by atoms with van der Waals surface area (Å²) in [6.07, 6.45) is 0.775. The van der Waals surface area contributed by atoms with E-state index in [0.717, 1.165) is 6.42 Å². The molecule has 0 aromatic heterocycles. The van der Waals surface area contributed by atoms with Gasteiger partial charge in [0.05, 0.1) is 6.61 Å². The summed E-state index contributed by atoms with van der Waals surface area (Å²) >= 11 is 0. The average molecular weight is 195 g/mol. The molecule has 1 aromatic rings. The van der Waals surface area contributed by atoms with Crippen molar-refractivity contribution in [1.82, 2.24) is 0 Å². The second-order valence-corrected chi connectivity index (χ2v) is 3.98. The lowest BCUT2D eigenvalue weighted by molar-refractivity contribution is 0.221. The smallest absolute Gasteiger partial charge is 0.130 e. The molecule has 2 N–H and O–H groups in total. The minimum Gasteiger partial charge on any atom is -0.493 e. The van der Waals surface area contributed by atoms with Crippen molar-refractivity contribution >= 4 is 0 Å². The first-order valence-electron chi connectivity index (χ1n) is 4.79. The van der Waals surface area contributed by atoms with Gasteiger partial charge < -0.3 is 10.5 Å². The molecular weight excluding hydrogens is 181 g/mol. The van der Waals surface area contributed by atoms with E-state index >= 15 is 0 Å². The summed E-state index contributed by atoms with van der Waals surface area (Å²) in [5.74, 6) is 0.430. The molecule has 2 nitrogen and oxygen atoms in total. The number of ether oxygens (including phenoxy) is 1. The van der Waals surface area contributed by atoms with E-state index in [9.17, 15) is 4.39 Å². The van der Waals surface area contributed by atoms with E-state index < -0.39 is 0 Å². The number of halogens is 1. The molecule has 2 rings (SSSR count). The Labute approximate surface area is 82.9 Å². The molecule has 76 valence electrons. The molecule has 0 saturated carbocycles. The third kappa shape index (κ3) is 1.28. The quantitative estimate of drug-likeness (QED) is 0.742. The Kier molecular flexibility index (Phi) is 2.19. The van der Waals surface area contributed by atoms with Crippen LogP contribution in [0.1, 0.15) is 18.9 Å². The Morgan fingerprint density at radius 3 is 3.07 bits per heavy atom. The largest absolute Gasteiger partial charge is 0.493 e. The van der Waals surface area contributed by atoms with Gasteiger partial charge in [0.25, 0.3) is 0 Å². The van der Waals surface area contributed by atoms with Crippen LogP contribution in [-0.2, 0) is 5.41 Å². The van der Waals surface area contributed by atoms with Crippen LogP contribution < -0.4 is 10.5 Å². The van der Waals surface area contributed by atoms with Crippen LogP contribution >= 0.6 is 0 Å². The van der Waals surface area contributed by atoms with Crippen molar-refractivity contribution in [3.8, 4) is 5.75 Å². The van der Waals surface area contributed by atoms with Gasteiger partial charge in [-0.15, -0.1) is 0 Å². The summed E-state index contributed by atoms with van der Waals surface area (Å²) in [5, 5.41) is 0. The number of hydrogen-bond donors (Lipinski definition) is 1. The lowest BCUT2D eigenvalue weighted by atomic mass is 9.77. The molecule has 0 radical (unpaired) electrons. The van der Waals surface area contributed by atoms with Gasteiger partial charge in [0.2, 0.25) is 0 Å².